The average molecular weight is 462 g/mol. The van der Waals surface area contributed by atoms with E-state index in [1.165, 1.54) is 47.1 Å². The van der Waals surface area contributed by atoms with Gasteiger partial charge >= 0.3 is 0 Å². The zero-order valence-corrected chi connectivity index (χ0v) is 19.0. The van der Waals surface area contributed by atoms with Crippen molar-refractivity contribution in [3.05, 3.63) is 68.6 Å². The van der Waals surface area contributed by atoms with E-state index in [1.807, 2.05) is 12.1 Å². The lowest BCUT2D eigenvalue weighted by molar-refractivity contribution is -0.119. The van der Waals surface area contributed by atoms with Gasteiger partial charge in [-0.2, -0.15) is 0 Å². The highest BCUT2D eigenvalue weighted by Crippen LogP contribution is 2.41. The Morgan fingerprint density at radius 3 is 2.62 bits per heavy atom. The fourth-order valence-electron chi connectivity index (χ4n) is 3.08. The molecule has 1 atom stereocenters. The number of nitrogens with zero attached hydrogens (tertiary/aromatic N) is 2. The van der Waals surface area contributed by atoms with Gasteiger partial charge in [-0.05, 0) is 67.7 Å². The van der Waals surface area contributed by atoms with E-state index in [4.69, 9.17) is 23.8 Å². The molecule has 1 aromatic heterocycles. The van der Waals surface area contributed by atoms with Crippen molar-refractivity contribution in [1.82, 2.24) is 15.1 Å². The minimum Gasteiger partial charge on any atom is -0.348 e. The van der Waals surface area contributed by atoms with E-state index in [0.717, 1.165) is 10.0 Å². The van der Waals surface area contributed by atoms with Crippen LogP contribution in [0, 0.1) is 16.8 Å². The number of thioether (sulfide) groups is 1. The van der Waals surface area contributed by atoms with Gasteiger partial charge < -0.3 is 5.32 Å². The minimum absolute atomic E-state index is 0.0200. The van der Waals surface area contributed by atoms with Crippen LogP contribution < -0.4 is 5.32 Å². The second-order valence-electron chi connectivity index (χ2n) is 7.10. The van der Waals surface area contributed by atoms with E-state index in [-0.39, 0.29) is 11.9 Å². The number of hydrogen-bond acceptors (Lipinski definition) is 5. The topological polar surface area (TPSA) is 46.9 Å². The smallest absolute Gasteiger partial charge is 0.230 e. The first-order chi connectivity index (χ1) is 14.0. The van der Waals surface area contributed by atoms with Crippen LogP contribution in [0.1, 0.15) is 30.0 Å². The van der Waals surface area contributed by atoms with Crippen molar-refractivity contribution in [2.45, 2.75) is 30.1 Å². The van der Waals surface area contributed by atoms with Crippen molar-refractivity contribution in [2.75, 3.05) is 5.75 Å². The normalized spacial score (nSPS) is 14.6. The lowest BCUT2D eigenvalue weighted by Gasteiger charge is -2.19. The third-order valence-electron chi connectivity index (χ3n) is 4.77. The van der Waals surface area contributed by atoms with E-state index >= 15 is 0 Å². The third-order valence-corrected chi connectivity index (χ3v) is 7.39. The van der Waals surface area contributed by atoms with E-state index in [1.54, 1.807) is 16.8 Å². The van der Waals surface area contributed by atoms with Crippen molar-refractivity contribution in [3.63, 3.8) is 0 Å². The molecular formula is C21H20ClN3OS3. The molecule has 0 aliphatic heterocycles. The first-order valence-electron chi connectivity index (χ1n) is 9.34. The predicted octanol–water partition coefficient (Wildman–Crippen LogP) is 5.98. The minimum atomic E-state index is 0.0200. The highest BCUT2D eigenvalue weighted by Gasteiger charge is 2.33. The van der Waals surface area contributed by atoms with Crippen molar-refractivity contribution >= 4 is 52.8 Å². The molecule has 0 spiro atoms. The molecule has 1 fully saturated rings. The van der Waals surface area contributed by atoms with Gasteiger partial charge in [0.15, 0.2) is 8.29 Å². The summed E-state index contributed by atoms with van der Waals surface area (Å²) in [6.07, 6.45) is 2.33. The Kier molecular flexibility index (Phi) is 6.39. The molecule has 0 saturated heterocycles. The Morgan fingerprint density at radius 1 is 1.28 bits per heavy atom. The van der Waals surface area contributed by atoms with Gasteiger partial charge in [0.25, 0.3) is 0 Å². The molecule has 1 amide bonds. The fourth-order valence-corrected chi connectivity index (χ4v) is 5.38. The van der Waals surface area contributed by atoms with Crippen LogP contribution in [0.25, 0.3) is 5.69 Å². The first kappa shape index (κ1) is 20.6. The molecule has 1 N–H and O–H groups in total. The largest absolute Gasteiger partial charge is 0.348 e. The molecule has 0 radical (unpaired) electrons. The van der Waals surface area contributed by atoms with Crippen LogP contribution in [-0.2, 0) is 4.79 Å². The first-order valence-corrected chi connectivity index (χ1v) is 11.9. The van der Waals surface area contributed by atoms with Crippen LogP contribution in [0.15, 0.2) is 52.9 Å². The molecule has 1 saturated carbocycles. The standard InChI is InChI=1S/C21H20ClN3OS3/c1-13-2-4-14(5-3-13)19(15-6-7-15)23-18(26)12-28-20-24-25(21(27)29-20)17-10-8-16(22)9-11-17/h2-5,8-11,15,19H,6-7,12H2,1H3,(H,23,26). The summed E-state index contributed by atoms with van der Waals surface area (Å²) < 4.78 is 3.12. The van der Waals surface area contributed by atoms with Crippen LogP contribution in [0.4, 0.5) is 0 Å². The van der Waals surface area contributed by atoms with Gasteiger partial charge in [0, 0.05) is 5.02 Å². The van der Waals surface area contributed by atoms with Gasteiger partial charge in [0.2, 0.25) is 5.91 Å². The molecule has 150 valence electrons. The molecular weight excluding hydrogens is 442 g/mol. The van der Waals surface area contributed by atoms with E-state index in [2.05, 4.69) is 41.6 Å². The summed E-state index contributed by atoms with van der Waals surface area (Å²) in [5, 5.41) is 8.43. The monoisotopic (exact) mass is 461 g/mol. The molecule has 1 aliphatic carbocycles. The van der Waals surface area contributed by atoms with E-state index in [0.29, 0.717) is 20.6 Å². The van der Waals surface area contributed by atoms with Crippen LogP contribution in [0.5, 0.6) is 0 Å². The molecule has 4 rings (SSSR count). The lowest BCUT2D eigenvalue weighted by atomic mass is 10.0. The third kappa shape index (κ3) is 5.28. The second-order valence-corrected chi connectivity index (χ2v) is 10.4. The zero-order chi connectivity index (χ0) is 20.4. The van der Waals surface area contributed by atoms with E-state index < -0.39 is 0 Å². The Bertz CT molecular complexity index is 1060. The maximum Gasteiger partial charge on any atom is 0.230 e. The number of aryl methyl sites for hydroxylation is 1. The van der Waals surface area contributed by atoms with Gasteiger partial charge in [-0.15, -0.1) is 5.10 Å². The molecule has 2 aromatic carbocycles. The lowest BCUT2D eigenvalue weighted by Crippen LogP contribution is -2.31. The van der Waals surface area contributed by atoms with Gasteiger partial charge in [-0.1, -0.05) is 64.5 Å². The number of benzene rings is 2. The Labute approximate surface area is 188 Å². The SMILES string of the molecule is Cc1ccc(C(NC(=O)CSc2nn(-c3ccc(Cl)cc3)c(=S)s2)C2CC2)cc1. The molecule has 29 heavy (non-hydrogen) atoms. The number of carbonyl (C=O) groups excluding carboxylic acids is 1. The summed E-state index contributed by atoms with van der Waals surface area (Å²) in [5.41, 5.74) is 3.27. The molecule has 1 heterocycles. The summed E-state index contributed by atoms with van der Waals surface area (Å²) >= 11 is 14.2. The van der Waals surface area contributed by atoms with Crippen LogP contribution >= 0.6 is 46.9 Å². The maximum absolute atomic E-state index is 12.6. The Morgan fingerprint density at radius 2 is 1.97 bits per heavy atom. The van der Waals surface area contributed by atoms with Gasteiger partial charge in [-0.25, -0.2) is 4.68 Å². The van der Waals surface area contributed by atoms with Gasteiger partial charge in [-0.3, -0.25) is 4.79 Å². The average Bonchev–Trinajstić information content (AvgIpc) is 3.48. The van der Waals surface area contributed by atoms with E-state index in [9.17, 15) is 4.79 Å². The molecule has 1 aliphatic rings. The van der Waals surface area contributed by atoms with Crippen LogP contribution in [-0.4, -0.2) is 21.4 Å². The molecule has 0 bridgehead atoms. The molecule has 3 aromatic rings. The van der Waals surface area contributed by atoms with Crippen molar-refractivity contribution in [2.24, 2.45) is 5.92 Å². The summed E-state index contributed by atoms with van der Waals surface area (Å²) in [6.45, 7) is 2.07. The number of rotatable bonds is 7. The van der Waals surface area contributed by atoms with Crippen LogP contribution in [0.2, 0.25) is 5.02 Å². The Balaban J connectivity index is 1.39. The summed E-state index contributed by atoms with van der Waals surface area (Å²) in [7, 11) is 0. The molecule has 4 nitrogen and oxygen atoms in total. The van der Waals surface area contributed by atoms with Gasteiger partial charge in [0.1, 0.15) is 0 Å². The molecule has 8 heteroatoms. The number of halogens is 1. The van der Waals surface area contributed by atoms with Gasteiger partial charge in [0.05, 0.1) is 17.5 Å². The fraction of sp³-hybridized carbons (Fsp3) is 0.286. The molecule has 1 unspecified atom stereocenters. The van der Waals surface area contributed by atoms with Crippen molar-refractivity contribution < 1.29 is 4.79 Å². The number of hydrogen-bond donors (Lipinski definition) is 1. The maximum atomic E-state index is 12.6. The number of nitrogens with one attached hydrogen (secondary N) is 1. The number of amides is 1. The highest BCUT2D eigenvalue weighted by molar-refractivity contribution is 8.01. The Hall–Kier alpha value is -1.67. The predicted molar refractivity (Wildman–Crippen MR) is 123 cm³/mol. The van der Waals surface area contributed by atoms with Crippen molar-refractivity contribution in [3.8, 4) is 5.69 Å². The van der Waals surface area contributed by atoms with Crippen molar-refractivity contribution in [1.29, 1.82) is 0 Å². The highest BCUT2D eigenvalue weighted by atomic mass is 35.5. The zero-order valence-electron chi connectivity index (χ0n) is 15.8. The summed E-state index contributed by atoms with van der Waals surface area (Å²) in [6, 6.07) is 15.9. The summed E-state index contributed by atoms with van der Waals surface area (Å²) in [5.74, 6) is 0.877. The number of aromatic nitrogens is 2. The summed E-state index contributed by atoms with van der Waals surface area (Å²) in [4.78, 5) is 12.6. The quantitative estimate of drug-likeness (QED) is 0.347. The number of carbonyl (C=O) groups is 1. The van der Waals surface area contributed by atoms with Crippen LogP contribution in [0.3, 0.4) is 0 Å². The second kappa shape index (κ2) is 9.00.